The van der Waals surface area contributed by atoms with Crippen molar-refractivity contribution in [2.75, 3.05) is 13.1 Å². The van der Waals surface area contributed by atoms with Crippen LogP contribution in [0.1, 0.15) is 44.9 Å². The summed E-state index contributed by atoms with van der Waals surface area (Å²) in [6, 6.07) is 0. The van der Waals surface area contributed by atoms with Crippen molar-refractivity contribution in [3.63, 3.8) is 0 Å². The first-order valence-corrected chi connectivity index (χ1v) is 6.83. The van der Waals surface area contributed by atoms with E-state index in [1.54, 1.807) is 0 Å². The summed E-state index contributed by atoms with van der Waals surface area (Å²) in [5.74, 6) is 0.981. The number of hydrogen-bond donors (Lipinski definition) is 2. The molecule has 2 rings (SSSR count). The first-order valence-electron chi connectivity index (χ1n) is 6.83. The fourth-order valence-electron chi connectivity index (χ4n) is 2.80. The highest BCUT2D eigenvalue weighted by molar-refractivity contribution is 5.80. The van der Waals surface area contributed by atoms with Crippen LogP contribution in [0, 0.1) is 11.8 Å². The molecule has 0 spiro atoms. The Bertz CT molecular complexity index is 263. The van der Waals surface area contributed by atoms with Gasteiger partial charge in [0.25, 0.3) is 0 Å². The largest absolute Gasteiger partial charge is 0.356 e. The van der Waals surface area contributed by atoms with Gasteiger partial charge in [0.05, 0.1) is 0 Å². The minimum Gasteiger partial charge on any atom is -0.356 e. The molecule has 96 valence electrons. The van der Waals surface area contributed by atoms with E-state index >= 15 is 0 Å². The van der Waals surface area contributed by atoms with E-state index < -0.39 is 0 Å². The van der Waals surface area contributed by atoms with Gasteiger partial charge in [-0.15, -0.1) is 0 Å². The van der Waals surface area contributed by atoms with Gasteiger partial charge in [-0.3, -0.25) is 9.59 Å². The molecule has 2 aliphatic heterocycles. The van der Waals surface area contributed by atoms with Crippen molar-refractivity contribution in [2.24, 2.45) is 11.8 Å². The number of rotatable bonds is 6. The molecule has 0 bridgehead atoms. The van der Waals surface area contributed by atoms with Crippen LogP contribution in [0.15, 0.2) is 0 Å². The molecule has 2 atom stereocenters. The highest BCUT2D eigenvalue weighted by atomic mass is 16.2. The standard InChI is InChI=1S/C13H22N2O2/c16-12-10(6-8-14-12)4-2-1-3-5-11-7-9-15-13(11)17/h10-11H,1-9H2,(H,14,16)(H,15,17). The molecule has 0 saturated carbocycles. The number of unbranched alkanes of at least 4 members (excludes halogenated alkanes) is 2. The zero-order chi connectivity index (χ0) is 12.1. The molecule has 0 aromatic carbocycles. The second-order valence-electron chi connectivity index (χ2n) is 5.19. The average molecular weight is 238 g/mol. The van der Waals surface area contributed by atoms with Gasteiger partial charge in [-0.2, -0.15) is 0 Å². The van der Waals surface area contributed by atoms with Crippen LogP contribution in [0.5, 0.6) is 0 Å². The van der Waals surface area contributed by atoms with E-state index in [4.69, 9.17) is 0 Å². The maximum absolute atomic E-state index is 11.3. The maximum atomic E-state index is 11.3. The van der Waals surface area contributed by atoms with Crippen LogP contribution in [0.2, 0.25) is 0 Å². The van der Waals surface area contributed by atoms with Crippen LogP contribution < -0.4 is 10.6 Å². The summed E-state index contributed by atoms with van der Waals surface area (Å²) in [4.78, 5) is 22.7. The Morgan fingerprint density at radius 1 is 0.824 bits per heavy atom. The Hall–Kier alpha value is -1.06. The summed E-state index contributed by atoms with van der Waals surface area (Å²) in [5.41, 5.74) is 0. The Labute approximate surface area is 103 Å². The summed E-state index contributed by atoms with van der Waals surface area (Å²) in [6.45, 7) is 1.71. The molecule has 2 aliphatic rings. The van der Waals surface area contributed by atoms with E-state index in [0.29, 0.717) is 0 Å². The average Bonchev–Trinajstić information content (AvgIpc) is 2.89. The minimum absolute atomic E-state index is 0.236. The Balaban J connectivity index is 1.51. The van der Waals surface area contributed by atoms with E-state index in [1.807, 2.05) is 0 Å². The molecule has 0 radical (unpaired) electrons. The second-order valence-corrected chi connectivity index (χ2v) is 5.19. The number of amides is 2. The van der Waals surface area contributed by atoms with Crippen LogP contribution >= 0.6 is 0 Å². The molecule has 2 fully saturated rings. The molecule has 4 heteroatoms. The smallest absolute Gasteiger partial charge is 0.223 e. The van der Waals surface area contributed by atoms with Crippen molar-refractivity contribution >= 4 is 11.8 Å². The zero-order valence-electron chi connectivity index (χ0n) is 10.3. The second kappa shape index (κ2) is 6.03. The molecule has 0 aromatic rings. The zero-order valence-corrected chi connectivity index (χ0v) is 10.3. The van der Waals surface area contributed by atoms with Crippen LogP contribution in [0.4, 0.5) is 0 Å². The highest BCUT2D eigenvalue weighted by Gasteiger charge is 2.24. The fourth-order valence-corrected chi connectivity index (χ4v) is 2.80. The van der Waals surface area contributed by atoms with Crippen LogP contribution in [0.3, 0.4) is 0 Å². The summed E-state index contributed by atoms with van der Waals surface area (Å²) in [5, 5.41) is 5.74. The number of nitrogens with one attached hydrogen (secondary N) is 2. The quantitative estimate of drug-likeness (QED) is 0.683. The predicted molar refractivity (Wildman–Crippen MR) is 65.3 cm³/mol. The Morgan fingerprint density at radius 3 is 1.65 bits per heavy atom. The fraction of sp³-hybridized carbons (Fsp3) is 0.846. The third kappa shape index (κ3) is 3.45. The van der Waals surface area contributed by atoms with E-state index in [2.05, 4.69) is 10.6 Å². The molecular weight excluding hydrogens is 216 g/mol. The van der Waals surface area contributed by atoms with Gasteiger partial charge in [0, 0.05) is 24.9 Å². The predicted octanol–water partition coefficient (Wildman–Crippen LogP) is 1.21. The lowest BCUT2D eigenvalue weighted by Crippen LogP contribution is -2.19. The number of carbonyl (C=O) groups is 2. The summed E-state index contributed by atoms with van der Waals surface area (Å²) in [7, 11) is 0. The molecule has 2 heterocycles. The van der Waals surface area contributed by atoms with Crippen molar-refractivity contribution in [3.05, 3.63) is 0 Å². The van der Waals surface area contributed by atoms with Crippen LogP contribution in [-0.2, 0) is 9.59 Å². The van der Waals surface area contributed by atoms with E-state index in [-0.39, 0.29) is 23.7 Å². The molecule has 0 aromatic heterocycles. The van der Waals surface area contributed by atoms with Gasteiger partial charge in [-0.05, 0) is 25.7 Å². The normalized spacial score (nSPS) is 28.2. The van der Waals surface area contributed by atoms with Crippen molar-refractivity contribution in [3.8, 4) is 0 Å². The minimum atomic E-state index is 0.236. The lowest BCUT2D eigenvalue weighted by Gasteiger charge is -2.08. The lowest BCUT2D eigenvalue weighted by molar-refractivity contribution is -0.123. The molecule has 4 nitrogen and oxygen atoms in total. The van der Waals surface area contributed by atoms with Crippen molar-refractivity contribution in [1.82, 2.24) is 10.6 Å². The topological polar surface area (TPSA) is 58.2 Å². The van der Waals surface area contributed by atoms with Crippen molar-refractivity contribution in [2.45, 2.75) is 44.9 Å². The molecule has 2 N–H and O–H groups in total. The Kier molecular flexibility index (Phi) is 4.40. The first kappa shape index (κ1) is 12.4. The number of carbonyl (C=O) groups excluding carboxylic acids is 2. The third-order valence-corrected chi connectivity index (χ3v) is 3.93. The first-order chi connectivity index (χ1) is 8.27. The maximum Gasteiger partial charge on any atom is 0.223 e. The molecular formula is C13H22N2O2. The molecule has 2 amide bonds. The molecule has 17 heavy (non-hydrogen) atoms. The third-order valence-electron chi connectivity index (χ3n) is 3.93. The van der Waals surface area contributed by atoms with Crippen molar-refractivity contribution in [1.29, 1.82) is 0 Å². The van der Waals surface area contributed by atoms with Gasteiger partial charge in [-0.25, -0.2) is 0 Å². The monoisotopic (exact) mass is 238 g/mol. The van der Waals surface area contributed by atoms with E-state index in [0.717, 1.165) is 58.0 Å². The lowest BCUT2D eigenvalue weighted by atomic mass is 9.96. The van der Waals surface area contributed by atoms with Crippen molar-refractivity contribution < 1.29 is 9.59 Å². The summed E-state index contributed by atoms with van der Waals surface area (Å²) >= 11 is 0. The number of hydrogen-bond acceptors (Lipinski definition) is 2. The SMILES string of the molecule is O=C1NCCC1CCCCCC1CCNC1=O. The van der Waals surface area contributed by atoms with Crippen LogP contribution in [0.25, 0.3) is 0 Å². The van der Waals surface area contributed by atoms with E-state index in [1.165, 1.54) is 0 Å². The van der Waals surface area contributed by atoms with Gasteiger partial charge >= 0.3 is 0 Å². The summed E-state index contributed by atoms with van der Waals surface area (Å²) in [6.07, 6.45) is 7.42. The van der Waals surface area contributed by atoms with Crippen LogP contribution in [-0.4, -0.2) is 24.9 Å². The Morgan fingerprint density at radius 2 is 1.29 bits per heavy atom. The summed E-state index contributed by atoms with van der Waals surface area (Å²) < 4.78 is 0. The molecule has 0 aliphatic carbocycles. The van der Waals surface area contributed by atoms with Gasteiger partial charge < -0.3 is 10.6 Å². The van der Waals surface area contributed by atoms with E-state index in [9.17, 15) is 9.59 Å². The van der Waals surface area contributed by atoms with Gasteiger partial charge in [0.15, 0.2) is 0 Å². The van der Waals surface area contributed by atoms with Gasteiger partial charge in [0.2, 0.25) is 11.8 Å². The molecule has 2 unspecified atom stereocenters. The van der Waals surface area contributed by atoms with Gasteiger partial charge in [-0.1, -0.05) is 19.3 Å². The highest BCUT2D eigenvalue weighted by Crippen LogP contribution is 2.21. The molecule has 2 saturated heterocycles. The van der Waals surface area contributed by atoms with Gasteiger partial charge in [0.1, 0.15) is 0 Å².